The fraction of sp³-hybridized carbons (Fsp3) is 0.176. The molecule has 7 heteroatoms. The predicted octanol–water partition coefficient (Wildman–Crippen LogP) is 3.98. The first-order valence-electron chi connectivity index (χ1n) is 7.33. The van der Waals surface area contributed by atoms with Gasteiger partial charge in [-0.15, -0.1) is 11.3 Å². The Morgan fingerprint density at radius 3 is 2.75 bits per heavy atom. The van der Waals surface area contributed by atoms with Gasteiger partial charge in [0.1, 0.15) is 5.82 Å². The molecule has 3 aromatic rings. The second kappa shape index (κ2) is 6.88. The molecule has 0 atom stereocenters. The average Bonchev–Trinajstić information content (AvgIpc) is 3.17. The third-order valence-corrected chi connectivity index (χ3v) is 6.37. The Morgan fingerprint density at radius 1 is 1.21 bits per heavy atom. The molecule has 0 aliphatic rings. The lowest BCUT2D eigenvalue weighted by Crippen LogP contribution is -2.26. The molecule has 0 amide bonds. The minimum atomic E-state index is -3.64. The molecule has 0 aliphatic carbocycles. The summed E-state index contributed by atoms with van der Waals surface area (Å²) in [4.78, 5) is 2.26. The molecule has 0 saturated carbocycles. The van der Waals surface area contributed by atoms with E-state index in [1.165, 1.54) is 12.1 Å². The number of hydrogen-bond acceptors (Lipinski definition) is 4. The monoisotopic (exact) mass is 365 g/mol. The summed E-state index contributed by atoms with van der Waals surface area (Å²) in [5.74, 6) is -0.447. The number of thiophene rings is 1. The van der Waals surface area contributed by atoms with E-state index in [0.29, 0.717) is 12.0 Å². The van der Waals surface area contributed by atoms with E-state index in [-0.39, 0.29) is 11.4 Å². The second-order valence-corrected chi connectivity index (χ2v) is 8.24. The standard InChI is InChI=1S/C17H16FNO3S2/c1-12-10-14(18)2-5-17(12)24(20,21)19-8-6-15-3-4-16(23-15)13-7-9-22-11-13/h2-5,7,9-11,19H,6,8H2,1H3. The number of benzene rings is 1. The van der Waals surface area contributed by atoms with Crippen LogP contribution in [0.25, 0.3) is 10.4 Å². The van der Waals surface area contributed by atoms with E-state index in [1.807, 2.05) is 18.2 Å². The SMILES string of the molecule is Cc1cc(F)ccc1S(=O)(=O)NCCc1ccc(-c2ccoc2)s1. The lowest BCUT2D eigenvalue weighted by molar-refractivity contribution is 0.568. The highest BCUT2D eigenvalue weighted by molar-refractivity contribution is 7.89. The third-order valence-electron chi connectivity index (χ3n) is 3.56. The zero-order valence-electron chi connectivity index (χ0n) is 13.0. The van der Waals surface area contributed by atoms with Crippen molar-refractivity contribution in [3.05, 3.63) is 65.2 Å². The Labute approximate surface area is 144 Å². The molecule has 0 fully saturated rings. The zero-order chi connectivity index (χ0) is 17.2. The molecule has 126 valence electrons. The van der Waals surface area contributed by atoms with E-state index in [0.717, 1.165) is 21.4 Å². The van der Waals surface area contributed by atoms with Crippen LogP contribution < -0.4 is 4.72 Å². The van der Waals surface area contributed by atoms with Gasteiger partial charge in [0.2, 0.25) is 10.0 Å². The van der Waals surface area contributed by atoms with Gasteiger partial charge in [0.15, 0.2) is 0 Å². The highest BCUT2D eigenvalue weighted by Crippen LogP contribution is 2.28. The highest BCUT2D eigenvalue weighted by Gasteiger charge is 2.16. The minimum Gasteiger partial charge on any atom is -0.472 e. The molecule has 0 unspecified atom stereocenters. The normalized spacial score (nSPS) is 11.8. The Bertz CT molecular complexity index is 931. The summed E-state index contributed by atoms with van der Waals surface area (Å²) in [5, 5.41) is 0. The van der Waals surface area contributed by atoms with Crippen LogP contribution >= 0.6 is 11.3 Å². The Hall–Kier alpha value is -1.96. The van der Waals surface area contributed by atoms with Crippen molar-refractivity contribution in [2.75, 3.05) is 6.54 Å². The maximum atomic E-state index is 13.1. The fourth-order valence-corrected chi connectivity index (χ4v) is 4.62. The first-order valence-corrected chi connectivity index (χ1v) is 9.63. The smallest absolute Gasteiger partial charge is 0.240 e. The van der Waals surface area contributed by atoms with Gasteiger partial charge in [0, 0.05) is 21.9 Å². The topological polar surface area (TPSA) is 59.3 Å². The van der Waals surface area contributed by atoms with E-state index in [2.05, 4.69) is 4.72 Å². The highest BCUT2D eigenvalue weighted by atomic mass is 32.2. The molecule has 1 aromatic carbocycles. The molecule has 2 heterocycles. The van der Waals surface area contributed by atoms with Gasteiger partial charge in [0.05, 0.1) is 17.4 Å². The second-order valence-electron chi connectivity index (χ2n) is 5.34. The maximum absolute atomic E-state index is 13.1. The number of furan rings is 1. The first kappa shape index (κ1) is 16.9. The van der Waals surface area contributed by atoms with Crippen LogP contribution in [0, 0.1) is 12.7 Å². The summed E-state index contributed by atoms with van der Waals surface area (Å²) >= 11 is 1.60. The molecule has 0 aliphatic heterocycles. The minimum absolute atomic E-state index is 0.106. The number of nitrogens with one attached hydrogen (secondary N) is 1. The van der Waals surface area contributed by atoms with Crippen LogP contribution in [0.5, 0.6) is 0 Å². The lowest BCUT2D eigenvalue weighted by Gasteiger charge is -2.08. The molecule has 1 N–H and O–H groups in total. The molecule has 0 spiro atoms. The molecule has 4 nitrogen and oxygen atoms in total. The molecule has 2 aromatic heterocycles. The van der Waals surface area contributed by atoms with Gasteiger partial charge in [0.25, 0.3) is 0 Å². The van der Waals surface area contributed by atoms with Crippen LogP contribution in [0.3, 0.4) is 0 Å². The number of hydrogen-bond donors (Lipinski definition) is 1. The van der Waals surface area contributed by atoms with Gasteiger partial charge in [-0.25, -0.2) is 17.5 Å². The Balaban J connectivity index is 1.63. The van der Waals surface area contributed by atoms with Gasteiger partial charge in [-0.3, -0.25) is 0 Å². The van der Waals surface area contributed by atoms with Crippen molar-refractivity contribution in [2.45, 2.75) is 18.2 Å². The molecule has 0 bridgehead atoms. The first-order chi connectivity index (χ1) is 11.5. The number of halogens is 1. The third kappa shape index (κ3) is 3.75. The van der Waals surface area contributed by atoms with Gasteiger partial charge >= 0.3 is 0 Å². The molecule has 0 saturated heterocycles. The molecular weight excluding hydrogens is 349 g/mol. The largest absolute Gasteiger partial charge is 0.472 e. The van der Waals surface area contributed by atoms with Crippen LogP contribution in [0.2, 0.25) is 0 Å². The lowest BCUT2D eigenvalue weighted by atomic mass is 10.2. The molecule has 3 rings (SSSR count). The maximum Gasteiger partial charge on any atom is 0.240 e. The predicted molar refractivity (Wildman–Crippen MR) is 92.1 cm³/mol. The van der Waals surface area contributed by atoms with Gasteiger partial charge in [-0.1, -0.05) is 0 Å². The van der Waals surface area contributed by atoms with Gasteiger partial charge in [-0.2, -0.15) is 0 Å². The summed E-state index contributed by atoms with van der Waals surface area (Å²) in [6.07, 6.45) is 3.88. The van der Waals surface area contributed by atoms with Crippen LogP contribution in [0.4, 0.5) is 4.39 Å². The molecule has 24 heavy (non-hydrogen) atoms. The van der Waals surface area contributed by atoms with E-state index in [1.54, 1.807) is 30.8 Å². The van der Waals surface area contributed by atoms with E-state index >= 15 is 0 Å². The quantitative estimate of drug-likeness (QED) is 0.719. The van der Waals surface area contributed by atoms with E-state index in [4.69, 9.17) is 4.42 Å². The Morgan fingerprint density at radius 2 is 2.04 bits per heavy atom. The van der Waals surface area contributed by atoms with Crippen molar-refractivity contribution in [3.63, 3.8) is 0 Å². The summed E-state index contributed by atoms with van der Waals surface area (Å²) < 4.78 is 45.3. The molecule has 0 radical (unpaired) electrons. The van der Waals surface area contributed by atoms with Crippen molar-refractivity contribution in [3.8, 4) is 10.4 Å². The van der Waals surface area contributed by atoms with Gasteiger partial charge < -0.3 is 4.42 Å². The summed E-state index contributed by atoms with van der Waals surface area (Å²) in [6.45, 7) is 1.86. The van der Waals surface area contributed by atoms with Crippen LogP contribution in [0.1, 0.15) is 10.4 Å². The van der Waals surface area contributed by atoms with Crippen molar-refractivity contribution in [2.24, 2.45) is 0 Å². The summed E-state index contributed by atoms with van der Waals surface area (Å²) in [7, 11) is -3.64. The van der Waals surface area contributed by atoms with Crippen molar-refractivity contribution in [1.82, 2.24) is 4.72 Å². The van der Waals surface area contributed by atoms with E-state index in [9.17, 15) is 12.8 Å². The zero-order valence-corrected chi connectivity index (χ0v) is 14.6. The average molecular weight is 365 g/mol. The number of aryl methyl sites for hydroxylation is 1. The van der Waals surface area contributed by atoms with Crippen LogP contribution in [-0.4, -0.2) is 15.0 Å². The van der Waals surface area contributed by atoms with Crippen molar-refractivity contribution >= 4 is 21.4 Å². The number of rotatable bonds is 6. The summed E-state index contributed by atoms with van der Waals surface area (Å²) in [5.41, 5.74) is 1.40. The van der Waals surface area contributed by atoms with Crippen molar-refractivity contribution in [1.29, 1.82) is 0 Å². The fourth-order valence-electron chi connectivity index (χ4n) is 2.37. The van der Waals surface area contributed by atoms with Crippen LogP contribution in [-0.2, 0) is 16.4 Å². The molecular formula is C17H16FNO3S2. The van der Waals surface area contributed by atoms with Crippen LogP contribution in [0.15, 0.2) is 58.2 Å². The van der Waals surface area contributed by atoms with E-state index < -0.39 is 15.8 Å². The number of sulfonamides is 1. The Kier molecular flexibility index (Phi) is 4.84. The van der Waals surface area contributed by atoms with Crippen molar-refractivity contribution < 1.29 is 17.2 Å². The van der Waals surface area contributed by atoms with Gasteiger partial charge in [-0.05, 0) is 55.3 Å². The summed E-state index contributed by atoms with van der Waals surface area (Å²) in [6, 6.07) is 9.50.